The molecule has 1 aromatic carbocycles. The lowest BCUT2D eigenvalue weighted by molar-refractivity contribution is -0.00517. The molecule has 128 valence electrons. The van der Waals surface area contributed by atoms with Gasteiger partial charge < -0.3 is 24.7 Å². The number of nitrogens with zero attached hydrogens (tertiary/aromatic N) is 1. The van der Waals surface area contributed by atoms with E-state index in [1.165, 1.54) is 0 Å². The third-order valence-electron chi connectivity index (χ3n) is 3.95. The van der Waals surface area contributed by atoms with Gasteiger partial charge in [0.25, 0.3) is 0 Å². The maximum atomic E-state index is 12.2. The highest BCUT2D eigenvalue weighted by Crippen LogP contribution is 2.28. The van der Waals surface area contributed by atoms with Crippen LogP contribution in [0.4, 0.5) is 16.2 Å². The van der Waals surface area contributed by atoms with Crippen molar-refractivity contribution in [1.29, 1.82) is 0 Å². The molecule has 0 saturated carbocycles. The summed E-state index contributed by atoms with van der Waals surface area (Å²) in [6.45, 7) is 6.17. The van der Waals surface area contributed by atoms with Gasteiger partial charge in [0.1, 0.15) is 0 Å². The van der Waals surface area contributed by atoms with Crippen molar-refractivity contribution in [2.75, 3.05) is 23.3 Å². The second-order valence-electron chi connectivity index (χ2n) is 6.12. The van der Waals surface area contributed by atoms with E-state index in [2.05, 4.69) is 29.4 Å². The molecule has 2 atom stereocenters. The summed E-state index contributed by atoms with van der Waals surface area (Å²) >= 11 is 0. The van der Waals surface area contributed by atoms with Gasteiger partial charge in [-0.15, -0.1) is 0 Å². The van der Waals surface area contributed by atoms with E-state index in [0.29, 0.717) is 6.54 Å². The Morgan fingerprint density at radius 1 is 1.21 bits per heavy atom. The van der Waals surface area contributed by atoms with Crippen LogP contribution in [0, 0.1) is 0 Å². The molecule has 3 rings (SSSR count). The van der Waals surface area contributed by atoms with Gasteiger partial charge in [0.05, 0.1) is 36.1 Å². The van der Waals surface area contributed by atoms with Crippen molar-refractivity contribution in [2.45, 2.75) is 32.6 Å². The average molecular weight is 329 g/mol. The average Bonchev–Trinajstić information content (AvgIpc) is 3.06. The van der Waals surface area contributed by atoms with Crippen LogP contribution < -0.4 is 15.5 Å². The zero-order chi connectivity index (χ0) is 16.9. The molecule has 6 nitrogen and oxygen atoms in total. The summed E-state index contributed by atoms with van der Waals surface area (Å²) in [4.78, 5) is 14.4. The molecule has 1 aliphatic rings. The Morgan fingerprint density at radius 3 is 2.67 bits per heavy atom. The van der Waals surface area contributed by atoms with Crippen molar-refractivity contribution in [3.8, 4) is 0 Å². The van der Waals surface area contributed by atoms with Crippen molar-refractivity contribution >= 4 is 17.4 Å². The summed E-state index contributed by atoms with van der Waals surface area (Å²) in [5.41, 5.74) is 2.73. The van der Waals surface area contributed by atoms with Crippen LogP contribution in [0.25, 0.3) is 0 Å². The van der Waals surface area contributed by atoms with E-state index in [-0.39, 0.29) is 18.2 Å². The molecule has 1 aromatic heterocycles. The Balaban J connectivity index is 1.66. The first kappa shape index (κ1) is 16.4. The number of urea groups is 1. The highest BCUT2D eigenvalue weighted by Gasteiger charge is 2.24. The molecule has 2 amide bonds. The van der Waals surface area contributed by atoms with Gasteiger partial charge >= 0.3 is 6.03 Å². The predicted octanol–water partition coefficient (Wildman–Crippen LogP) is 3.21. The van der Waals surface area contributed by atoms with Gasteiger partial charge in [-0.3, -0.25) is 0 Å². The largest absolute Gasteiger partial charge is 0.472 e. The number of hydrogen-bond donors (Lipinski definition) is 2. The maximum Gasteiger partial charge on any atom is 0.319 e. The summed E-state index contributed by atoms with van der Waals surface area (Å²) in [7, 11) is 0. The number of nitrogens with one attached hydrogen (secondary N) is 2. The Labute approximate surface area is 141 Å². The molecule has 1 saturated heterocycles. The molecule has 2 N–H and O–H groups in total. The topological polar surface area (TPSA) is 66.7 Å². The first-order chi connectivity index (χ1) is 11.6. The number of amides is 2. The molecular weight excluding hydrogens is 306 g/mol. The van der Waals surface area contributed by atoms with Gasteiger partial charge in [0.2, 0.25) is 0 Å². The smallest absolute Gasteiger partial charge is 0.319 e. The first-order valence-corrected chi connectivity index (χ1v) is 8.17. The molecule has 0 spiro atoms. The standard InChI is InChI=1S/C18H23N3O3/c1-13-10-21(11-14(2)24-13)17-6-4-3-5-16(17)20-18(22)19-9-15-7-8-23-12-15/h3-8,12-14H,9-11H2,1-2H3,(H2,19,20,22). The first-order valence-electron chi connectivity index (χ1n) is 8.17. The summed E-state index contributed by atoms with van der Waals surface area (Å²) in [5, 5.41) is 5.76. The normalized spacial score (nSPS) is 20.7. The minimum absolute atomic E-state index is 0.164. The summed E-state index contributed by atoms with van der Waals surface area (Å²) in [6, 6.07) is 9.42. The summed E-state index contributed by atoms with van der Waals surface area (Å²) < 4.78 is 10.8. The van der Waals surface area contributed by atoms with Crippen molar-refractivity contribution in [2.24, 2.45) is 0 Å². The van der Waals surface area contributed by atoms with Crippen molar-refractivity contribution in [3.63, 3.8) is 0 Å². The minimum atomic E-state index is -0.238. The third kappa shape index (κ3) is 4.08. The lowest BCUT2D eigenvalue weighted by Gasteiger charge is -2.37. The third-order valence-corrected chi connectivity index (χ3v) is 3.95. The van der Waals surface area contributed by atoms with Gasteiger partial charge in [-0.05, 0) is 32.0 Å². The highest BCUT2D eigenvalue weighted by molar-refractivity contribution is 5.93. The second kappa shape index (κ2) is 7.40. The molecule has 2 unspecified atom stereocenters. The Morgan fingerprint density at radius 2 is 1.96 bits per heavy atom. The van der Waals surface area contributed by atoms with E-state index in [4.69, 9.17) is 9.15 Å². The van der Waals surface area contributed by atoms with Crippen molar-refractivity contribution in [1.82, 2.24) is 5.32 Å². The summed E-state index contributed by atoms with van der Waals surface area (Å²) in [6.07, 6.45) is 3.53. The molecule has 24 heavy (non-hydrogen) atoms. The molecule has 0 aliphatic carbocycles. The van der Waals surface area contributed by atoms with Gasteiger partial charge in [0.15, 0.2) is 0 Å². The van der Waals surface area contributed by atoms with Crippen molar-refractivity contribution < 1.29 is 13.9 Å². The van der Waals surface area contributed by atoms with Crippen LogP contribution >= 0.6 is 0 Å². The molecule has 0 bridgehead atoms. The van der Waals surface area contributed by atoms with Crippen LogP contribution in [0.15, 0.2) is 47.3 Å². The number of carbonyl (C=O) groups is 1. The van der Waals surface area contributed by atoms with E-state index in [9.17, 15) is 4.79 Å². The van der Waals surface area contributed by atoms with Gasteiger partial charge in [-0.2, -0.15) is 0 Å². The number of carbonyl (C=O) groups excluding carboxylic acids is 1. The number of benzene rings is 1. The zero-order valence-corrected chi connectivity index (χ0v) is 14.0. The lowest BCUT2D eigenvalue weighted by atomic mass is 10.1. The number of ether oxygens (including phenoxy) is 1. The molecule has 2 aromatic rings. The number of para-hydroxylation sites is 2. The summed E-state index contributed by atoms with van der Waals surface area (Å²) in [5.74, 6) is 0. The number of rotatable bonds is 4. The lowest BCUT2D eigenvalue weighted by Crippen LogP contribution is -2.45. The Hall–Kier alpha value is -2.47. The van der Waals surface area contributed by atoms with E-state index in [0.717, 1.165) is 30.0 Å². The van der Waals surface area contributed by atoms with E-state index in [1.807, 2.05) is 30.3 Å². The maximum absolute atomic E-state index is 12.2. The van der Waals surface area contributed by atoms with Crippen LogP contribution in [-0.2, 0) is 11.3 Å². The Bertz CT molecular complexity index is 662. The van der Waals surface area contributed by atoms with E-state index in [1.54, 1.807) is 12.5 Å². The number of anilines is 2. The quantitative estimate of drug-likeness (QED) is 0.904. The molecule has 6 heteroatoms. The van der Waals surface area contributed by atoms with Crippen molar-refractivity contribution in [3.05, 3.63) is 48.4 Å². The van der Waals surface area contributed by atoms with Crippen LogP contribution in [0.5, 0.6) is 0 Å². The SMILES string of the molecule is CC1CN(c2ccccc2NC(=O)NCc2ccoc2)CC(C)O1. The van der Waals surface area contributed by atoms with Crippen LogP contribution in [0.2, 0.25) is 0 Å². The molecule has 1 fully saturated rings. The van der Waals surface area contributed by atoms with Gasteiger partial charge in [0, 0.05) is 25.2 Å². The predicted molar refractivity (Wildman–Crippen MR) is 93.2 cm³/mol. The number of morpholine rings is 1. The Kier molecular flexibility index (Phi) is 5.05. The highest BCUT2D eigenvalue weighted by atomic mass is 16.5. The fourth-order valence-electron chi connectivity index (χ4n) is 2.97. The zero-order valence-electron chi connectivity index (χ0n) is 14.0. The number of furan rings is 1. The molecule has 2 heterocycles. The van der Waals surface area contributed by atoms with Crippen LogP contribution in [-0.4, -0.2) is 31.3 Å². The van der Waals surface area contributed by atoms with Crippen LogP contribution in [0.1, 0.15) is 19.4 Å². The molecular formula is C18H23N3O3. The number of hydrogen-bond acceptors (Lipinski definition) is 4. The van der Waals surface area contributed by atoms with E-state index >= 15 is 0 Å². The van der Waals surface area contributed by atoms with Gasteiger partial charge in [-0.25, -0.2) is 4.79 Å². The minimum Gasteiger partial charge on any atom is -0.472 e. The fraction of sp³-hybridized carbons (Fsp3) is 0.389. The van der Waals surface area contributed by atoms with Crippen LogP contribution in [0.3, 0.4) is 0 Å². The van der Waals surface area contributed by atoms with Gasteiger partial charge in [-0.1, -0.05) is 12.1 Å². The second-order valence-corrected chi connectivity index (χ2v) is 6.12. The van der Waals surface area contributed by atoms with E-state index < -0.39 is 0 Å². The molecule has 1 aliphatic heterocycles. The monoisotopic (exact) mass is 329 g/mol. The fourth-order valence-corrected chi connectivity index (χ4v) is 2.97. The molecule has 0 radical (unpaired) electrons.